The molecule has 10 heteroatoms. The fourth-order valence-corrected chi connectivity index (χ4v) is 4.47. The van der Waals surface area contributed by atoms with Crippen molar-refractivity contribution >= 4 is 67.2 Å². The van der Waals surface area contributed by atoms with E-state index in [0.29, 0.717) is 21.5 Å². The Kier molecular flexibility index (Phi) is 6.33. The van der Waals surface area contributed by atoms with E-state index in [1.165, 1.54) is 24.5 Å². The van der Waals surface area contributed by atoms with Gasteiger partial charge in [0.25, 0.3) is 5.91 Å². The van der Waals surface area contributed by atoms with Gasteiger partial charge in [0.2, 0.25) is 0 Å². The Balaban J connectivity index is 1.45. The summed E-state index contributed by atoms with van der Waals surface area (Å²) >= 11 is 12.8. The van der Waals surface area contributed by atoms with Gasteiger partial charge in [-0.1, -0.05) is 22.9 Å². The number of anilines is 2. The zero-order chi connectivity index (χ0) is 21.1. The monoisotopic (exact) mass is 462 g/mol. The molecule has 2 aromatic carbocycles. The van der Waals surface area contributed by atoms with Gasteiger partial charge in [-0.15, -0.1) is 0 Å². The number of nitrogens with one attached hydrogen (secondary N) is 2. The number of amides is 1. The SMILES string of the molecule is COc1ccc(Cl)cc1C(=O)NC(=S)Nc1nc2ccc(N3CCOCC3)cc2s1. The summed E-state index contributed by atoms with van der Waals surface area (Å²) in [7, 11) is 1.49. The number of fused-ring (bicyclic) bond motifs is 1. The maximum Gasteiger partial charge on any atom is 0.261 e. The van der Waals surface area contributed by atoms with Crippen LogP contribution < -0.4 is 20.3 Å². The third-order valence-corrected chi connectivity index (χ3v) is 5.97. The van der Waals surface area contributed by atoms with E-state index in [2.05, 4.69) is 32.7 Å². The van der Waals surface area contributed by atoms with E-state index < -0.39 is 5.91 Å². The molecule has 0 aliphatic carbocycles. The predicted molar refractivity (Wildman–Crippen MR) is 124 cm³/mol. The molecule has 0 unspecified atom stereocenters. The van der Waals surface area contributed by atoms with Gasteiger partial charge in [-0.3, -0.25) is 10.1 Å². The second-order valence-electron chi connectivity index (χ2n) is 6.52. The number of rotatable bonds is 4. The second-order valence-corrected chi connectivity index (χ2v) is 8.40. The Morgan fingerprint density at radius 2 is 2.07 bits per heavy atom. The van der Waals surface area contributed by atoms with Crippen LogP contribution in [0.2, 0.25) is 5.02 Å². The fourth-order valence-electron chi connectivity index (χ4n) is 3.14. The molecule has 1 aliphatic heterocycles. The molecule has 0 saturated carbocycles. The third-order valence-electron chi connectivity index (χ3n) is 4.60. The number of thiazole rings is 1. The fraction of sp³-hybridized carbons (Fsp3) is 0.250. The highest BCUT2D eigenvalue weighted by Gasteiger charge is 2.16. The maximum absolute atomic E-state index is 12.6. The highest BCUT2D eigenvalue weighted by molar-refractivity contribution is 7.80. The number of aromatic nitrogens is 1. The summed E-state index contributed by atoms with van der Waals surface area (Å²) in [6, 6.07) is 11.0. The van der Waals surface area contributed by atoms with Crippen LogP contribution in [0.15, 0.2) is 36.4 Å². The van der Waals surface area contributed by atoms with Gasteiger partial charge in [-0.05, 0) is 48.6 Å². The van der Waals surface area contributed by atoms with Crippen LogP contribution in [0.3, 0.4) is 0 Å². The number of carbonyl (C=O) groups is 1. The molecule has 2 N–H and O–H groups in total. The molecule has 3 aromatic rings. The van der Waals surface area contributed by atoms with Crippen molar-refractivity contribution in [1.82, 2.24) is 10.3 Å². The molecule has 7 nitrogen and oxygen atoms in total. The van der Waals surface area contributed by atoms with Gasteiger partial charge in [0.15, 0.2) is 10.2 Å². The van der Waals surface area contributed by atoms with Crippen LogP contribution in [0.4, 0.5) is 10.8 Å². The zero-order valence-corrected chi connectivity index (χ0v) is 18.5. The number of thiocarbonyl (C=S) groups is 1. The van der Waals surface area contributed by atoms with Crippen molar-refractivity contribution in [2.45, 2.75) is 0 Å². The third kappa shape index (κ3) is 4.65. The number of morpholine rings is 1. The number of methoxy groups -OCH3 is 1. The van der Waals surface area contributed by atoms with E-state index in [1.54, 1.807) is 12.1 Å². The lowest BCUT2D eigenvalue weighted by molar-refractivity contribution is 0.0974. The first-order valence-electron chi connectivity index (χ1n) is 9.22. The summed E-state index contributed by atoms with van der Waals surface area (Å²) in [5.41, 5.74) is 2.31. The molecule has 156 valence electrons. The van der Waals surface area contributed by atoms with E-state index in [-0.39, 0.29) is 5.11 Å². The first kappa shape index (κ1) is 20.8. The van der Waals surface area contributed by atoms with Gasteiger partial charge in [-0.25, -0.2) is 4.98 Å². The van der Waals surface area contributed by atoms with Crippen LogP contribution in [0.5, 0.6) is 5.75 Å². The van der Waals surface area contributed by atoms with Crippen LogP contribution in [-0.2, 0) is 4.74 Å². The molecule has 1 aliphatic rings. The molecule has 1 fully saturated rings. The molecule has 0 bridgehead atoms. The van der Waals surface area contributed by atoms with Crippen LogP contribution in [-0.4, -0.2) is 49.4 Å². The lowest BCUT2D eigenvalue weighted by atomic mass is 10.2. The molecule has 2 heterocycles. The largest absolute Gasteiger partial charge is 0.496 e. The topological polar surface area (TPSA) is 75.7 Å². The number of halogens is 1. The molecule has 1 amide bonds. The predicted octanol–water partition coefficient (Wildman–Crippen LogP) is 3.92. The van der Waals surface area contributed by atoms with Gasteiger partial charge < -0.3 is 19.7 Å². The summed E-state index contributed by atoms with van der Waals surface area (Å²) in [6.07, 6.45) is 0. The van der Waals surface area contributed by atoms with E-state index in [4.69, 9.17) is 33.3 Å². The molecule has 0 atom stereocenters. The van der Waals surface area contributed by atoms with Crippen molar-refractivity contribution in [2.75, 3.05) is 43.6 Å². The molecule has 0 spiro atoms. The normalized spacial score (nSPS) is 13.9. The van der Waals surface area contributed by atoms with Gasteiger partial charge in [0.1, 0.15) is 5.75 Å². The number of ether oxygens (including phenoxy) is 2. The molecule has 0 radical (unpaired) electrons. The van der Waals surface area contributed by atoms with E-state index in [9.17, 15) is 4.79 Å². The summed E-state index contributed by atoms with van der Waals surface area (Å²) in [5, 5.41) is 6.81. The molecule has 1 saturated heterocycles. The zero-order valence-electron chi connectivity index (χ0n) is 16.1. The van der Waals surface area contributed by atoms with Crippen LogP contribution in [0, 0.1) is 0 Å². The number of hydrogen-bond donors (Lipinski definition) is 2. The van der Waals surface area contributed by atoms with Gasteiger partial charge in [-0.2, -0.15) is 0 Å². The number of carbonyl (C=O) groups excluding carboxylic acids is 1. The molecular weight excluding hydrogens is 444 g/mol. The number of nitrogens with zero attached hydrogens (tertiary/aromatic N) is 2. The van der Waals surface area contributed by atoms with Crippen molar-refractivity contribution in [3.8, 4) is 5.75 Å². The Bertz CT molecular complexity index is 1100. The quantitative estimate of drug-likeness (QED) is 0.569. The molecule has 1 aromatic heterocycles. The number of hydrogen-bond acceptors (Lipinski definition) is 7. The highest BCUT2D eigenvalue weighted by Crippen LogP contribution is 2.30. The van der Waals surface area contributed by atoms with Crippen molar-refractivity contribution in [2.24, 2.45) is 0 Å². The van der Waals surface area contributed by atoms with Gasteiger partial charge >= 0.3 is 0 Å². The maximum atomic E-state index is 12.6. The van der Waals surface area contributed by atoms with E-state index >= 15 is 0 Å². The summed E-state index contributed by atoms with van der Waals surface area (Å²) in [4.78, 5) is 19.4. The lowest BCUT2D eigenvalue weighted by Gasteiger charge is -2.28. The standard InChI is InChI=1S/C20H19ClN4O3S2/c1-27-16-5-2-12(21)10-14(16)18(26)23-19(29)24-20-22-15-4-3-13(11-17(15)30-20)25-6-8-28-9-7-25/h2-5,10-11H,6-9H2,1H3,(H2,22,23,24,26,29). The van der Waals surface area contributed by atoms with Crippen LogP contribution in [0.25, 0.3) is 10.2 Å². The Morgan fingerprint density at radius 3 is 2.83 bits per heavy atom. The molecule has 4 rings (SSSR count). The minimum atomic E-state index is -0.414. The van der Waals surface area contributed by atoms with Gasteiger partial charge in [0, 0.05) is 23.8 Å². The van der Waals surface area contributed by atoms with Crippen molar-refractivity contribution < 1.29 is 14.3 Å². The minimum Gasteiger partial charge on any atom is -0.496 e. The van der Waals surface area contributed by atoms with E-state index in [0.717, 1.165) is 42.2 Å². The first-order chi connectivity index (χ1) is 14.5. The summed E-state index contributed by atoms with van der Waals surface area (Å²) in [5.74, 6) is -0.00195. The minimum absolute atomic E-state index is 0.148. The van der Waals surface area contributed by atoms with Crippen molar-refractivity contribution in [3.63, 3.8) is 0 Å². The van der Waals surface area contributed by atoms with E-state index in [1.807, 2.05) is 6.07 Å². The Labute approximate surface area is 187 Å². The van der Waals surface area contributed by atoms with Crippen molar-refractivity contribution in [3.05, 3.63) is 47.0 Å². The highest BCUT2D eigenvalue weighted by atomic mass is 35.5. The van der Waals surface area contributed by atoms with Crippen LogP contribution in [0.1, 0.15) is 10.4 Å². The van der Waals surface area contributed by atoms with Crippen LogP contribution >= 0.6 is 35.2 Å². The van der Waals surface area contributed by atoms with Crippen molar-refractivity contribution in [1.29, 1.82) is 0 Å². The molecular formula is C20H19ClN4O3S2. The Hall–Kier alpha value is -2.46. The summed E-state index contributed by atoms with van der Waals surface area (Å²) in [6.45, 7) is 3.22. The van der Waals surface area contributed by atoms with Gasteiger partial charge in [0.05, 0.1) is 36.1 Å². The second kappa shape index (κ2) is 9.13. The smallest absolute Gasteiger partial charge is 0.261 e. The average Bonchev–Trinajstić information content (AvgIpc) is 3.15. The Morgan fingerprint density at radius 1 is 1.27 bits per heavy atom. The lowest BCUT2D eigenvalue weighted by Crippen LogP contribution is -2.36. The average molecular weight is 463 g/mol. The molecule has 30 heavy (non-hydrogen) atoms. The first-order valence-corrected chi connectivity index (χ1v) is 10.8. The number of benzene rings is 2. The summed E-state index contributed by atoms with van der Waals surface area (Å²) < 4.78 is 11.7.